The highest BCUT2D eigenvalue weighted by Gasteiger charge is 2.27. The molecule has 0 atom stereocenters. The quantitative estimate of drug-likeness (QED) is 0.0638. The number of likely N-dealkylation sites (N-methyl/N-ethyl adjacent to an activating group) is 4. The van der Waals surface area contributed by atoms with Crippen LogP contribution in [-0.2, 0) is 47.5 Å². The second kappa shape index (κ2) is 47.6. The zero-order valence-electron chi connectivity index (χ0n) is 59.8. The summed E-state index contributed by atoms with van der Waals surface area (Å²) in [6.45, 7) is 56.5. The highest BCUT2D eigenvalue weighted by atomic mass is 16.7. The van der Waals surface area contributed by atoms with Crippen molar-refractivity contribution in [3.63, 3.8) is 0 Å². The summed E-state index contributed by atoms with van der Waals surface area (Å²) < 4.78 is 40.0. The Balaban J connectivity index is -0.000000225. The number of hydrogen-bond acceptors (Lipinski definition) is 16. The van der Waals surface area contributed by atoms with Gasteiger partial charge in [-0.25, -0.2) is 28.8 Å². The summed E-state index contributed by atoms with van der Waals surface area (Å²) >= 11 is 0. The van der Waals surface area contributed by atoms with Gasteiger partial charge in [0.15, 0.2) is 0 Å². The Morgan fingerprint density at radius 2 is 0.800 bits per heavy atom. The average molecular weight is 1230 g/mol. The van der Waals surface area contributed by atoms with Gasteiger partial charge >= 0.3 is 36.6 Å². The number of amides is 7. The van der Waals surface area contributed by atoms with Gasteiger partial charge in [-0.2, -0.15) is 0 Å². The molecule has 7 amide bonds. The van der Waals surface area contributed by atoms with E-state index in [9.17, 15) is 38.4 Å². The van der Waals surface area contributed by atoms with Crippen LogP contribution in [0.15, 0.2) is 0 Å². The van der Waals surface area contributed by atoms with E-state index in [2.05, 4.69) is 12.2 Å². The first kappa shape index (κ1) is 90.7. The number of ether oxygens (including phenoxy) is 8. The SMILES string of the molecule is CC(C)NC(=O)OC(C)C.CC(C)OC(=O)N(C)C(C)C.CC(C)OC(=O)N(C)CCN(C)C(=O)CC(C)(C)C.CC(C)OC(=O)OC(C)C.CCCOCCN(C(=O)OC(C)C)C(C)C.CN(CCN(C)C(=O)C(C)(C)C)C(=O)OC(C)(C)C. The Hall–Kier alpha value is -5.48. The Morgan fingerprint density at radius 1 is 0.424 bits per heavy atom. The molecule has 23 nitrogen and oxygen atoms in total. The van der Waals surface area contributed by atoms with Crippen molar-refractivity contribution in [1.82, 2.24) is 34.7 Å². The maximum absolute atomic E-state index is 12.0. The molecule has 0 saturated carbocycles. The third kappa shape index (κ3) is 61.4. The van der Waals surface area contributed by atoms with Crippen LogP contribution in [0.2, 0.25) is 0 Å². The number of alkyl carbamates (subject to hydrolysis) is 1. The van der Waals surface area contributed by atoms with Crippen LogP contribution in [0.5, 0.6) is 0 Å². The van der Waals surface area contributed by atoms with Crippen LogP contribution in [0.4, 0.5) is 28.8 Å². The number of carbonyl (C=O) groups is 8. The van der Waals surface area contributed by atoms with Crippen LogP contribution < -0.4 is 5.32 Å². The predicted molar refractivity (Wildman–Crippen MR) is 339 cm³/mol. The van der Waals surface area contributed by atoms with Crippen LogP contribution in [0.1, 0.15) is 207 Å². The van der Waals surface area contributed by atoms with Gasteiger partial charge in [0.1, 0.15) is 5.60 Å². The van der Waals surface area contributed by atoms with Crippen molar-refractivity contribution in [3.05, 3.63) is 0 Å². The summed E-state index contributed by atoms with van der Waals surface area (Å²) in [6.07, 6.45) is -1.17. The second-order valence-corrected chi connectivity index (χ2v) is 26.1. The van der Waals surface area contributed by atoms with Gasteiger partial charge in [-0.1, -0.05) is 48.5 Å². The fourth-order valence-electron chi connectivity index (χ4n) is 5.43. The minimum absolute atomic E-state index is 0.0200. The van der Waals surface area contributed by atoms with Gasteiger partial charge in [0, 0.05) is 105 Å². The van der Waals surface area contributed by atoms with E-state index in [4.69, 9.17) is 37.9 Å². The van der Waals surface area contributed by atoms with Gasteiger partial charge in [-0.15, -0.1) is 0 Å². The van der Waals surface area contributed by atoms with E-state index in [0.717, 1.165) is 13.0 Å². The van der Waals surface area contributed by atoms with Gasteiger partial charge in [-0.3, -0.25) is 9.59 Å². The van der Waals surface area contributed by atoms with Crippen molar-refractivity contribution in [3.8, 4) is 0 Å². The van der Waals surface area contributed by atoms with E-state index < -0.39 is 17.2 Å². The Labute approximate surface area is 516 Å². The molecule has 506 valence electrons. The molecule has 85 heavy (non-hydrogen) atoms. The van der Waals surface area contributed by atoms with E-state index in [1.807, 2.05) is 159 Å². The first-order valence-electron chi connectivity index (χ1n) is 30.0. The Morgan fingerprint density at radius 3 is 1.14 bits per heavy atom. The third-order valence-corrected chi connectivity index (χ3v) is 9.82. The number of nitrogens with one attached hydrogen (secondary N) is 1. The van der Waals surface area contributed by atoms with Gasteiger partial charge in [-0.05, 0) is 157 Å². The van der Waals surface area contributed by atoms with Crippen LogP contribution in [0, 0.1) is 10.8 Å². The molecule has 0 aromatic rings. The highest BCUT2D eigenvalue weighted by molar-refractivity contribution is 5.81. The van der Waals surface area contributed by atoms with Crippen LogP contribution in [0.3, 0.4) is 0 Å². The standard InChI is InChI=1S/2C14H28N2O3.C12H25NO3.C8H17NO2.C7H15NO2.C7H14O3/c1-13(2,3)11(17)15(7)9-10-16(8)12(18)19-14(4,5)6;1-11(2)19-13(18)16(7)9-8-15(6)12(17)10-14(3,4)5;1-6-8-15-9-7-13(10(2)3)12(14)16-11(4)5;1-6(2)9(5)8(10)11-7(3)4;1-5(2)8-7(9)10-6(3)4;1-5(2)9-7(8)10-6(3)4/h9-10H2,1-8H3;11H,8-10H2,1-7H3;10-11H,6-9H2,1-5H3;6-7H,1-5H3;5-6H,1-4H3,(H,8,9);5-6H,1-4H3. The lowest BCUT2D eigenvalue weighted by molar-refractivity contribution is -0.138. The van der Waals surface area contributed by atoms with Crippen molar-refractivity contribution in [1.29, 1.82) is 0 Å². The number of carbonyl (C=O) groups excluding carboxylic acids is 8. The molecule has 0 aliphatic rings. The Bertz CT molecular complexity index is 1770. The molecule has 0 unspecified atom stereocenters. The molecular formula is C62H127N7O16. The Kier molecular flexibility index (Phi) is 50.8. The molecule has 0 aromatic heterocycles. The first-order valence-corrected chi connectivity index (χ1v) is 30.0. The maximum atomic E-state index is 12.0. The molecule has 0 bridgehead atoms. The van der Waals surface area contributed by atoms with Crippen LogP contribution in [-0.4, -0.2) is 219 Å². The molecule has 23 heteroatoms. The molecule has 0 fully saturated rings. The zero-order chi connectivity index (χ0) is 68.5. The summed E-state index contributed by atoms with van der Waals surface area (Å²) in [5, 5.41) is 2.61. The number of hydrogen-bond donors (Lipinski definition) is 1. The number of rotatable bonds is 21. The van der Waals surface area contributed by atoms with Crippen LogP contribution >= 0.6 is 0 Å². The minimum atomic E-state index is -0.593. The summed E-state index contributed by atoms with van der Waals surface area (Å²) in [5.74, 6) is 0.156. The molecule has 1 N–H and O–H groups in total. The van der Waals surface area contributed by atoms with E-state index in [1.54, 1.807) is 82.5 Å². The van der Waals surface area contributed by atoms with Gasteiger partial charge in [0.05, 0.1) is 43.2 Å². The topological polar surface area (TPSA) is 242 Å². The maximum Gasteiger partial charge on any atom is 0.508 e. The largest absolute Gasteiger partial charge is 0.508 e. The van der Waals surface area contributed by atoms with Crippen molar-refractivity contribution >= 4 is 48.4 Å². The summed E-state index contributed by atoms with van der Waals surface area (Å²) in [5.41, 5.74) is -0.925. The normalized spacial score (nSPS) is 11.0. The van der Waals surface area contributed by atoms with Gasteiger partial charge in [0.2, 0.25) is 11.8 Å². The van der Waals surface area contributed by atoms with Crippen molar-refractivity contribution in [2.75, 3.05) is 81.2 Å². The lowest BCUT2D eigenvalue weighted by atomic mass is 9.92. The van der Waals surface area contributed by atoms with Gasteiger partial charge < -0.3 is 72.6 Å². The average Bonchev–Trinajstić information content (AvgIpc) is 3.32. The van der Waals surface area contributed by atoms with Crippen molar-refractivity contribution < 1.29 is 76.3 Å². The molecule has 0 aromatic carbocycles. The van der Waals surface area contributed by atoms with Gasteiger partial charge in [0.25, 0.3) is 0 Å². The molecule has 0 aliphatic heterocycles. The van der Waals surface area contributed by atoms with E-state index in [-0.39, 0.29) is 102 Å². The lowest BCUT2D eigenvalue weighted by Gasteiger charge is -2.29. The molecule has 0 aliphatic carbocycles. The number of nitrogens with zero attached hydrogens (tertiary/aromatic N) is 6. The van der Waals surface area contributed by atoms with Crippen molar-refractivity contribution in [2.24, 2.45) is 10.8 Å². The van der Waals surface area contributed by atoms with Crippen molar-refractivity contribution in [2.45, 2.75) is 267 Å². The summed E-state index contributed by atoms with van der Waals surface area (Å²) in [4.78, 5) is 101. The molecule has 0 rings (SSSR count). The predicted octanol–water partition coefficient (Wildman–Crippen LogP) is 12.7. The minimum Gasteiger partial charge on any atom is -0.447 e. The van der Waals surface area contributed by atoms with E-state index in [1.165, 1.54) is 9.80 Å². The summed E-state index contributed by atoms with van der Waals surface area (Å²) in [7, 11) is 8.58. The molecule has 0 heterocycles. The monoisotopic (exact) mass is 1230 g/mol. The molecular weight excluding hydrogens is 1100 g/mol. The molecule has 0 saturated heterocycles. The summed E-state index contributed by atoms with van der Waals surface area (Å²) in [6, 6.07) is 0.476. The highest BCUT2D eigenvalue weighted by Crippen LogP contribution is 2.20. The zero-order valence-corrected chi connectivity index (χ0v) is 59.8. The molecule has 0 radical (unpaired) electrons. The molecule has 0 spiro atoms. The fraction of sp³-hybridized carbons (Fsp3) is 0.871. The second-order valence-electron chi connectivity index (χ2n) is 26.1. The van der Waals surface area contributed by atoms with E-state index >= 15 is 0 Å². The third-order valence-electron chi connectivity index (χ3n) is 9.82. The lowest BCUT2D eigenvalue weighted by Crippen LogP contribution is -2.42. The van der Waals surface area contributed by atoms with E-state index in [0.29, 0.717) is 45.8 Å². The smallest absolute Gasteiger partial charge is 0.447 e. The first-order chi connectivity index (χ1) is 38.3. The fourth-order valence-corrected chi connectivity index (χ4v) is 5.43. The van der Waals surface area contributed by atoms with Crippen LogP contribution in [0.25, 0.3) is 0 Å².